The Kier molecular flexibility index (Phi) is 6.97. The predicted octanol–water partition coefficient (Wildman–Crippen LogP) is 2.92. The van der Waals surface area contributed by atoms with Crippen LogP contribution in [0.3, 0.4) is 0 Å². The van der Waals surface area contributed by atoms with E-state index in [0.717, 1.165) is 45.4 Å². The van der Waals surface area contributed by atoms with Gasteiger partial charge in [0.25, 0.3) is 0 Å². The minimum absolute atomic E-state index is 0.0529. The van der Waals surface area contributed by atoms with Gasteiger partial charge in [-0.2, -0.15) is 0 Å². The molecule has 0 aromatic heterocycles. The molecule has 0 spiro atoms. The van der Waals surface area contributed by atoms with Crippen molar-refractivity contribution in [3.8, 4) is 0 Å². The Morgan fingerprint density at radius 3 is 2.62 bits per heavy atom. The van der Waals surface area contributed by atoms with E-state index in [1.54, 1.807) is 0 Å². The Bertz CT molecular complexity index is 316. The molecule has 0 radical (unpaired) electrons. The number of ether oxygens (including phenoxy) is 1. The summed E-state index contributed by atoms with van der Waals surface area (Å²) >= 11 is 0. The summed E-state index contributed by atoms with van der Waals surface area (Å²) < 4.78 is 5.55. The summed E-state index contributed by atoms with van der Waals surface area (Å²) in [6.07, 6.45) is 9.51. The molecule has 0 bridgehead atoms. The average molecular weight is 296 g/mol. The first-order chi connectivity index (χ1) is 10.3. The fraction of sp³-hybridized carbons (Fsp3) is 0.941. The maximum Gasteiger partial charge on any atom is 0.241 e. The summed E-state index contributed by atoms with van der Waals surface area (Å²) in [5, 5.41) is 3.62. The normalized spacial score (nSPS) is 27.0. The zero-order chi connectivity index (χ0) is 15.1. The fourth-order valence-corrected chi connectivity index (χ4v) is 3.70. The van der Waals surface area contributed by atoms with Gasteiger partial charge >= 0.3 is 0 Å². The molecule has 4 heteroatoms. The largest absolute Gasteiger partial charge is 0.381 e. The maximum absolute atomic E-state index is 12.6. The second-order valence-electron chi connectivity index (χ2n) is 6.49. The number of nitrogens with one attached hydrogen (secondary N) is 1. The van der Waals surface area contributed by atoms with Crippen LogP contribution in [0.15, 0.2) is 0 Å². The van der Waals surface area contributed by atoms with Gasteiger partial charge in [0.05, 0.1) is 12.2 Å². The van der Waals surface area contributed by atoms with E-state index in [4.69, 9.17) is 4.74 Å². The zero-order valence-electron chi connectivity index (χ0n) is 13.8. The first kappa shape index (κ1) is 16.8. The van der Waals surface area contributed by atoms with Gasteiger partial charge in [-0.3, -0.25) is 10.1 Å². The van der Waals surface area contributed by atoms with Gasteiger partial charge in [-0.25, -0.2) is 0 Å². The van der Waals surface area contributed by atoms with Crippen molar-refractivity contribution < 1.29 is 9.53 Å². The highest BCUT2D eigenvalue weighted by molar-refractivity contribution is 5.84. The van der Waals surface area contributed by atoms with Crippen LogP contribution in [0.1, 0.15) is 65.2 Å². The number of carbonyl (C=O) groups is 1. The van der Waals surface area contributed by atoms with Crippen LogP contribution in [-0.2, 0) is 9.53 Å². The SMILES string of the molecule is CCCOCCCN1C(=O)C(CCC)NC1C1CCCC1. The summed E-state index contributed by atoms with van der Waals surface area (Å²) in [7, 11) is 0. The van der Waals surface area contributed by atoms with Crippen molar-refractivity contribution in [3.05, 3.63) is 0 Å². The molecule has 2 rings (SSSR count). The summed E-state index contributed by atoms with van der Waals surface area (Å²) in [6.45, 7) is 6.72. The number of amides is 1. The van der Waals surface area contributed by atoms with Gasteiger partial charge in [0.15, 0.2) is 0 Å². The molecular formula is C17H32N2O2. The van der Waals surface area contributed by atoms with Gasteiger partial charge in [0.1, 0.15) is 0 Å². The second-order valence-corrected chi connectivity index (χ2v) is 6.49. The third-order valence-corrected chi connectivity index (χ3v) is 4.75. The molecule has 1 saturated carbocycles. The molecule has 1 aliphatic heterocycles. The van der Waals surface area contributed by atoms with Crippen LogP contribution in [0.25, 0.3) is 0 Å². The molecule has 1 amide bonds. The highest BCUT2D eigenvalue weighted by atomic mass is 16.5. The molecule has 1 N–H and O–H groups in total. The van der Waals surface area contributed by atoms with Crippen molar-refractivity contribution >= 4 is 5.91 Å². The van der Waals surface area contributed by atoms with Gasteiger partial charge < -0.3 is 9.64 Å². The van der Waals surface area contributed by atoms with Crippen LogP contribution < -0.4 is 5.32 Å². The van der Waals surface area contributed by atoms with E-state index in [9.17, 15) is 4.79 Å². The molecule has 122 valence electrons. The van der Waals surface area contributed by atoms with Crippen LogP contribution >= 0.6 is 0 Å². The van der Waals surface area contributed by atoms with E-state index in [1.165, 1.54) is 25.7 Å². The summed E-state index contributed by atoms with van der Waals surface area (Å²) in [5.41, 5.74) is 0. The fourth-order valence-electron chi connectivity index (χ4n) is 3.70. The van der Waals surface area contributed by atoms with Gasteiger partial charge in [-0.15, -0.1) is 0 Å². The van der Waals surface area contributed by atoms with E-state index < -0.39 is 0 Å². The molecule has 2 atom stereocenters. The van der Waals surface area contributed by atoms with E-state index in [0.29, 0.717) is 11.8 Å². The van der Waals surface area contributed by atoms with Crippen LogP contribution in [0.5, 0.6) is 0 Å². The average Bonchev–Trinajstić information content (AvgIpc) is 3.10. The van der Waals surface area contributed by atoms with Crippen molar-refractivity contribution in [2.45, 2.75) is 77.4 Å². The highest BCUT2D eigenvalue weighted by Gasteiger charge is 2.42. The Morgan fingerprint density at radius 2 is 1.95 bits per heavy atom. The molecule has 1 aliphatic carbocycles. The summed E-state index contributed by atoms with van der Waals surface area (Å²) in [6, 6.07) is 0.0529. The molecule has 4 nitrogen and oxygen atoms in total. The Hall–Kier alpha value is -0.610. The molecule has 2 unspecified atom stereocenters. The van der Waals surface area contributed by atoms with Crippen LogP contribution in [-0.4, -0.2) is 42.8 Å². The Labute approximate surface area is 129 Å². The van der Waals surface area contributed by atoms with Gasteiger partial charge in [-0.1, -0.05) is 33.1 Å². The lowest BCUT2D eigenvalue weighted by Crippen LogP contribution is -2.43. The van der Waals surface area contributed by atoms with Gasteiger partial charge in [-0.05, 0) is 38.0 Å². The zero-order valence-corrected chi connectivity index (χ0v) is 13.8. The highest BCUT2D eigenvalue weighted by Crippen LogP contribution is 2.32. The van der Waals surface area contributed by atoms with E-state index >= 15 is 0 Å². The van der Waals surface area contributed by atoms with E-state index in [-0.39, 0.29) is 12.2 Å². The Morgan fingerprint density at radius 1 is 1.19 bits per heavy atom. The van der Waals surface area contributed by atoms with E-state index in [2.05, 4.69) is 24.1 Å². The number of hydrogen-bond donors (Lipinski definition) is 1. The van der Waals surface area contributed by atoms with Crippen molar-refractivity contribution in [1.82, 2.24) is 10.2 Å². The van der Waals surface area contributed by atoms with Gasteiger partial charge in [0.2, 0.25) is 5.91 Å². The molecular weight excluding hydrogens is 264 g/mol. The molecule has 2 fully saturated rings. The predicted molar refractivity (Wildman–Crippen MR) is 85.0 cm³/mol. The van der Waals surface area contributed by atoms with Crippen LogP contribution in [0, 0.1) is 5.92 Å². The lowest BCUT2D eigenvalue weighted by Gasteiger charge is -2.29. The second kappa shape index (κ2) is 8.74. The van der Waals surface area contributed by atoms with Crippen molar-refractivity contribution in [2.75, 3.05) is 19.8 Å². The van der Waals surface area contributed by atoms with Gasteiger partial charge in [0, 0.05) is 19.8 Å². The molecule has 0 aromatic carbocycles. The quantitative estimate of drug-likeness (QED) is 0.665. The number of carbonyl (C=O) groups excluding carboxylic acids is 1. The maximum atomic E-state index is 12.6. The summed E-state index contributed by atoms with van der Waals surface area (Å²) in [5.74, 6) is 0.983. The molecule has 21 heavy (non-hydrogen) atoms. The molecule has 0 aromatic rings. The first-order valence-electron chi connectivity index (χ1n) is 8.92. The minimum atomic E-state index is 0.0529. The van der Waals surface area contributed by atoms with Crippen molar-refractivity contribution in [3.63, 3.8) is 0 Å². The lowest BCUT2D eigenvalue weighted by atomic mass is 10.0. The summed E-state index contributed by atoms with van der Waals surface area (Å²) in [4.78, 5) is 14.7. The molecule has 2 aliphatic rings. The smallest absolute Gasteiger partial charge is 0.241 e. The monoisotopic (exact) mass is 296 g/mol. The number of hydrogen-bond acceptors (Lipinski definition) is 3. The van der Waals surface area contributed by atoms with Crippen molar-refractivity contribution in [2.24, 2.45) is 5.92 Å². The Balaban J connectivity index is 1.87. The van der Waals surface area contributed by atoms with Crippen LogP contribution in [0.4, 0.5) is 0 Å². The standard InChI is InChI=1S/C17H32N2O2/c1-3-8-15-17(20)19(11-7-13-21-12-4-2)16(18-15)14-9-5-6-10-14/h14-16,18H,3-13H2,1-2H3. The molecule has 1 heterocycles. The third kappa shape index (κ3) is 4.43. The number of nitrogens with zero attached hydrogens (tertiary/aromatic N) is 1. The third-order valence-electron chi connectivity index (χ3n) is 4.75. The lowest BCUT2D eigenvalue weighted by molar-refractivity contribution is -0.130. The number of rotatable bonds is 9. The first-order valence-corrected chi connectivity index (χ1v) is 8.92. The topological polar surface area (TPSA) is 41.6 Å². The minimum Gasteiger partial charge on any atom is -0.381 e. The molecule has 1 saturated heterocycles. The van der Waals surface area contributed by atoms with Crippen LogP contribution in [0.2, 0.25) is 0 Å². The van der Waals surface area contributed by atoms with Crippen molar-refractivity contribution in [1.29, 1.82) is 0 Å². The van der Waals surface area contributed by atoms with E-state index in [1.807, 2.05) is 0 Å².